The molecule has 0 fully saturated rings. The maximum atomic E-state index is 4.24. The fourth-order valence-electron chi connectivity index (χ4n) is 0.463. The number of aliphatic imine (C=N–C) groups is 2. The first-order chi connectivity index (χ1) is 5.21. The summed E-state index contributed by atoms with van der Waals surface area (Å²) in [5.41, 5.74) is 0.124. The van der Waals surface area contributed by atoms with Crippen molar-refractivity contribution in [3.05, 3.63) is 0 Å². The molecule has 0 aliphatic rings. The van der Waals surface area contributed by atoms with Gasteiger partial charge in [0.25, 0.3) is 0 Å². The zero-order valence-electron chi connectivity index (χ0n) is 9.05. The molecule has 0 N–H and O–H groups in total. The van der Waals surface area contributed by atoms with Crippen molar-refractivity contribution in [3.63, 3.8) is 0 Å². The maximum absolute atomic E-state index is 4.24. The molecule has 0 aromatic heterocycles. The Morgan fingerprint density at radius 1 is 0.917 bits per heavy atom. The molecule has 70 valence electrons. The van der Waals surface area contributed by atoms with Gasteiger partial charge in [-0.1, -0.05) is 20.8 Å². The van der Waals surface area contributed by atoms with Crippen molar-refractivity contribution >= 4 is 12.6 Å². The van der Waals surface area contributed by atoms with Gasteiger partial charge in [-0.05, 0) is 26.2 Å². The van der Waals surface area contributed by atoms with Crippen LogP contribution in [-0.4, -0.2) is 18.1 Å². The fourth-order valence-corrected chi connectivity index (χ4v) is 0.463. The molecule has 12 heavy (non-hydrogen) atoms. The second-order valence-corrected chi connectivity index (χ2v) is 5.06. The van der Waals surface area contributed by atoms with E-state index in [4.69, 9.17) is 0 Å². The molecule has 2 heteroatoms. The normalized spacial score (nSPS) is 14.8. The summed E-state index contributed by atoms with van der Waals surface area (Å²) < 4.78 is 0. The van der Waals surface area contributed by atoms with Crippen molar-refractivity contribution in [2.45, 2.75) is 47.1 Å². The molecule has 0 spiro atoms. The van der Waals surface area contributed by atoms with E-state index in [0.717, 1.165) is 0 Å². The molecule has 0 saturated heterocycles. The Bertz CT molecular complexity index is 155. The van der Waals surface area contributed by atoms with E-state index in [9.17, 15) is 0 Å². The van der Waals surface area contributed by atoms with Crippen LogP contribution in [0.3, 0.4) is 0 Å². The number of hydrogen-bond donors (Lipinski definition) is 0. The van der Waals surface area contributed by atoms with E-state index in [1.807, 2.05) is 6.21 Å². The molecule has 2 nitrogen and oxygen atoms in total. The molecule has 0 aromatic rings. The third-order valence-corrected chi connectivity index (χ3v) is 0.974. The number of rotatable bonds is 1. The molecular formula is C10H20N2. The van der Waals surface area contributed by atoms with Gasteiger partial charge in [-0.3, -0.25) is 4.99 Å². The van der Waals surface area contributed by atoms with E-state index in [1.165, 1.54) is 0 Å². The van der Waals surface area contributed by atoms with E-state index < -0.39 is 0 Å². The highest BCUT2D eigenvalue weighted by Crippen LogP contribution is 2.08. The summed E-state index contributed by atoms with van der Waals surface area (Å²) in [7, 11) is 0. The van der Waals surface area contributed by atoms with Crippen molar-refractivity contribution in [2.24, 2.45) is 15.4 Å². The topological polar surface area (TPSA) is 24.7 Å². The Balaban J connectivity index is 4.00. The first kappa shape index (κ1) is 11.3. The molecule has 0 aromatic carbocycles. The predicted molar refractivity (Wildman–Crippen MR) is 56.2 cm³/mol. The van der Waals surface area contributed by atoms with Crippen molar-refractivity contribution in [1.82, 2.24) is 0 Å². The first-order valence-corrected chi connectivity index (χ1v) is 4.29. The van der Waals surface area contributed by atoms with E-state index >= 15 is 0 Å². The average Bonchev–Trinajstić information content (AvgIpc) is 1.76. The molecule has 0 atom stereocenters. The Kier molecular flexibility index (Phi) is 3.62. The van der Waals surface area contributed by atoms with Crippen LogP contribution in [0.15, 0.2) is 9.98 Å². The largest absolute Gasteiger partial charge is 0.268 e. The van der Waals surface area contributed by atoms with Gasteiger partial charge in [-0.2, -0.15) is 0 Å². The van der Waals surface area contributed by atoms with Crippen LogP contribution in [0.4, 0.5) is 0 Å². The predicted octanol–water partition coefficient (Wildman–Crippen LogP) is 2.93. The quantitative estimate of drug-likeness (QED) is 0.425. The molecular weight excluding hydrogens is 148 g/mol. The minimum atomic E-state index is -0.0186. The van der Waals surface area contributed by atoms with E-state index in [1.54, 1.807) is 6.34 Å². The first-order valence-electron chi connectivity index (χ1n) is 4.29. The van der Waals surface area contributed by atoms with Gasteiger partial charge in [-0.25, -0.2) is 4.99 Å². The third-order valence-electron chi connectivity index (χ3n) is 0.974. The van der Waals surface area contributed by atoms with Gasteiger partial charge in [0.1, 0.15) is 6.34 Å². The SMILES string of the molecule is CC(C)(C)/C=N/C=N/C(C)(C)C. The minimum absolute atomic E-state index is 0.0186. The van der Waals surface area contributed by atoms with Gasteiger partial charge in [0.15, 0.2) is 0 Å². The van der Waals surface area contributed by atoms with Crippen molar-refractivity contribution in [1.29, 1.82) is 0 Å². The van der Waals surface area contributed by atoms with Gasteiger partial charge in [0.2, 0.25) is 0 Å². The van der Waals surface area contributed by atoms with E-state index in [-0.39, 0.29) is 11.0 Å². The summed E-state index contributed by atoms with van der Waals surface area (Å²) in [5, 5.41) is 0. The standard InChI is InChI=1S/C10H20N2/c1-9(2,3)7-11-8-12-10(4,5)6/h7-8H,1-6H3/b11-7+,12-8+. The summed E-state index contributed by atoms with van der Waals surface area (Å²) in [6.45, 7) is 12.5. The number of hydrogen-bond acceptors (Lipinski definition) is 1. The summed E-state index contributed by atoms with van der Waals surface area (Å²) in [6.07, 6.45) is 3.54. The van der Waals surface area contributed by atoms with Crippen LogP contribution in [0.25, 0.3) is 0 Å². The molecule has 0 bridgehead atoms. The number of nitrogens with zero attached hydrogens (tertiary/aromatic N) is 2. The highest BCUT2D eigenvalue weighted by atomic mass is 14.9. The third kappa shape index (κ3) is 9.34. The average molecular weight is 168 g/mol. The molecule has 0 saturated carbocycles. The van der Waals surface area contributed by atoms with Crippen molar-refractivity contribution in [2.75, 3.05) is 0 Å². The van der Waals surface area contributed by atoms with Crippen LogP contribution in [0.5, 0.6) is 0 Å². The summed E-state index contributed by atoms with van der Waals surface area (Å²) in [6, 6.07) is 0. The van der Waals surface area contributed by atoms with Crippen LogP contribution in [0.2, 0.25) is 0 Å². The van der Waals surface area contributed by atoms with E-state index in [0.29, 0.717) is 0 Å². The molecule has 0 radical (unpaired) electrons. The fraction of sp³-hybridized carbons (Fsp3) is 0.800. The van der Waals surface area contributed by atoms with Crippen molar-refractivity contribution < 1.29 is 0 Å². The van der Waals surface area contributed by atoms with Crippen LogP contribution in [0.1, 0.15) is 41.5 Å². The second kappa shape index (κ2) is 3.83. The van der Waals surface area contributed by atoms with Gasteiger partial charge in [-0.15, -0.1) is 0 Å². The Labute approximate surface area is 75.8 Å². The van der Waals surface area contributed by atoms with Gasteiger partial charge in [0, 0.05) is 6.21 Å². The minimum Gasteiger partial charge on any atom is -0.268 e. The maximum Gasteiger partial charge on any atom is 0.110 e. The molecule has 0 aliphatic heterocycles. The van der Waals surface area contributed by atoms with Crippen molar-refractivity contribution in [3.8, 4) is 0 Å². The Hall–Kier alpha value is -0.660. The van der Waals surface area contributed by atoms with Crippen LogP contribution in [-0.2, 0) is 0 Å². The smallest absolute Gasteiger partial charge is 0.110 e. The van der Waals surface area contributed by atoms with Crippen LogP contribution < -0.4 is 0 Å². The lowest BCUT2D eigenvalue weighted by molar-refractivity contribution is 0.585. The van der Waals surface area contributed by atoms with Gasteiger partial charge in [0.05, 0.1) is 5.54 Å². The zero-order chi connectivity index (χ0) is 9.83. The monoisotopic (exact) mass is 168 g/mol. The van der Waals surface area contributed by atoms with Gasteiger partial charge >= 0.3 is 0 Å². The molecule has 0 amide bonds. The molecule has 0 aliphatic carbocycles. The summed E-state index contributed by atoms with van der Waals surface area (Å²) in [5.74, 6) is 0. The summed E-state index contributed by atoms with van der Waals surface area (Å²) >= 11 is 0. The van der Waals surface area contributed by atoms with E-state index in [2.05, 4.69) is 51.5 Å². The van der Waals surface area contributed by atoms with Crippen LogP contribution in [0, 0.1) is 5.41 Å². The molecule has 0 heterocycles. The zero-order valence-corrected chi connectivity index (χ0v) is 9.05. The Morgan fingerprint density at radius 2 is 1.42 bits per heavy atom. The summed E-state index contributed by atoms with van der Waals surface area (Å²) in [4.78, 5) is 8.35. The second-order valence-electron chi connectivity index (χ2n) is 5.06. The highest BCUT2D eigenvalue weighted by molar-refractivity contribution is 5.75. The molecule has 0 rings (SSSR count). The lowest BCUT2D eigenvalue weighted by Crippen LogP contribution is -2.10. The lowest BCUT2D eigenvalue weighted by Gasteiger charge is -2.10. The lowest BCUT2D eigenvalue weighted by atomic mass is 9.99. The highest BCUT2D eigenvalue weighted by Gasteiger charge is 2.05. The Morgan fingerprint density at radius 3 is 1.75 bits per heavy atom. The molecule has 0 unspecified atom stereocenters. The van der Waals surface area contributed by atoms with Gasteiger partial charge < -0.3 is 0 Å². The van der Waals surface area contributed by atoms with Crippen LogP contribution >= 0.6 is 0 Å².